The molecule has 1 heterocycles. The fraction of sp³-hybridized carbons (Fsp3) is 0.429. The van der Waals surface area contributed by atoms with Gasteiger partial charge in [0.1, 0.15) is 17.3 Å². The van der Waals surface area contributed by atoms with Gasteiger partial charge < -0.3 is 14.9 Å². The number of hydrogen-bond acceptors (Lipinski definition) is 5. The van der Waals surface area contributed by atoms with Gasteiger partial charge in [-0.2, -0.15) is 0 Å². The van der Waals surface area contributed by atoms with Crippen molar-refractivity contribution < 1.29 is 19.3 Å². The molecule has 2 aromatic carbocycles. The van der Waals surface area contributed by atoms with Crippen LogP contribution in [0.3, 0.4) is 0 Å². The number of ether oxygens (including phenoxy) is 1. The highest BCUT2D eigenvalue weighted by Gasteiger charge is 2.27. The van der Waals surface area contributed by atoms with E-state index >= 15 is 0 Å². The quantitative estimate of drug-likeness (QED) is 0.780. The zero-order valence-electron chi connectivity index (χ0n) is 15.6. The largest absolute Gasteiger partial charge is 0.507 e. The lowest BCUT2D eigenvalue weighted by atomic mass is 10.1. The molecule has 6 heteroatoms. The number of rotatable bonds is 7. The predicted molar refractivity (Wildman–Crippen MR) is 102 cm³/mol. The molecule has 1 atom stereocenters. The van der Waals surface area contributed by atoms with E-state index in [2.05, 4.69) is 9.80 Å². The van der Waals surface area contributed by atoms with E-state index in [-0.39, 0.29) is 24.2 Å². The minimum atomic E-state index is -0.189. The molecular formula is C21H27FN2O3. The van der Waals surface area contributed by atoms with E-state index in [1.54, 1.807) is 19.2 Å². The van der Waals surface area contributed by atoms with Gasteiger partial charge in [0.05, 0.1) is 7.11 Å². The van der Waals surface area contributed by atoms with E-state index in [0.29, 0.717) is 30.8 Å². The summed E-state index contributed by atoms with van der Waals surface area (Å²) in [5, 5.41) is 19.7. The molecule has 3 rings (SSSR count). The molecule has 2 aromatic rings. The van der Waals surface area contributed by atoms with Crippen molar-refractivity contribution in [3.05, 3.63) is 59.4 Å². The predicted octanol–water partition coefficient (Wildman–Crippen LogP) is 2.61. The van der Waals surface area contributed by atoms with Crippen LogP contribution in [0.2, 0.25) is 0 Å². The average Bonchev–Trinajstić information content (AvgIpc) is 2.67. The third-order valence-electron chi connectivity index (χ3n) is 5.17. The Morgan fingerprint density at radius 2 is 1.93 bits per heavy atom. The number of nitrogens with zero attached hydrogens (tertiary/aromatic N) is 2. The molecule has 0 amide bonds. The molecule has 0 bridgehead atoms. The van der Waals surface area contributed by atoms with Gasteiger partial charge in [-0.15, -0.1) is 0 Å². The standard InChI is InChI=1S/C21H27FN2O3/c1-27-19-7-6-17(21(26)12-19)13-23-9-10-24(18(15-23)8-11-25)14-16-4-2-3-5-20(16)22/h2-7,12,18,25-26H,8-11,13-15H2,1H3/t18-/m0/s1. The van der Waals surface area contributed by atoms with Crippen LogP contribution in [0.5, 0.6) is 11.5 Å². The first-order valence-electron chi connectivity index (χ1n) is 9.27. The summed E-state index contributed by atoms with van der Waals surface area (Å²) in [5.41, 5.74) is 1.53. The van der Waals surface area contributed by atoms with Gasteiger partial charge in [0.2, 0.25) is 0 Å². The van der Waals surface area contributed by atoms with Gasteiger partial charge in [-0.1, -0.05) is 24.3 Å². The van der Waals surface area contributed by atoms with Crippen LogP contribution in [0.4, 0.5) is 4.39 Å². The maximum Gasteiger partial charge on any atom is 0.127 e. The van der Waals surface area contributed by atoms with Crippen LogP contribution in [-0.4, -0.2) is 59.4 Å². The summed E-state index contributed by atoms with van der Waals surface area (Å²) in [6.07, 6.45) is 0.638. The number of aliphatic hydroxyl groups excluding tert-OH is 1. The molecular weight excluding hydrogens is 347 g/mol. The van der Waals surface area contributed by atoms with Crippen molar-refractivity contribution in [3.8, 4) is 11.5 Å². The Labute approximate surface area is 159 Å². The zero-order valence-corrected chi connectivity index (χ0v) is 15.6. The smallest absolute Gasteiger partial charge is 0.127 e. The lowest BCUT2D eigenvalue weighted by Crippen LogP contribution is -2.52. The molecule has 27 heavy (non-hydrogen) atoms. The van der Waals surface area contributed by atoms with E-state index in [0.717, 1.165) is 25.2 Å². The lowest BCUT2D eigenvalue weighted by molar-refractivity contribution is 0.0489. The Morgan fingerprint density at radius 1 is 1.11 bits per heavy atom. The van der Waals surface area contributed by atoms with E-state index in [1.807, 2.05) is 24.3 Å². The highest BCUT2D eigenvalue weighted by Crippen LogP contribution is 2.26. The number of aliphatic hydroxyl groups is 1. The SMILES string of the molecule is COc1ccc(CN2CCN(Cc3ccccc3F)[C@@H](CCO)C2)c(O)c1. The van der Waals surface area contributed by atoms with Crippen molar-refractivity contribution in [1.82, 2.24) is 9.80 Å². The molecule has 1 saturated heterocycles. The summed E-state index contributed by atoms with van der Waals surface area (Å²) >= 11 is 0. The van der Waals surface area contributed by atoms with Crippen molar-refractivity contribution in [2.75, 3.05) is 33.4 Å². The van der Waals surface area contributed by atoms with E-state index < -0.39 is 0 Å². The Morgan fingerprint density at radius 3 is 2.63 bits per heavy atom. The van der Waals surface area contributed by atoms with Gasteiger partial charge in [0.25, 0.3) is 0 Å². The first kappa shape index (κ1) is 19.6. The summed E-state index contributed by atoms with van der Waals surface area (Å²) in [6, 6.07) is 12.3. The van der Waals surface area contributed by atoms with Crippen molar-refractivity contribution in [2.24, 2.45) is 0 Å². The number of halogens is 1. The molecule has 1 aliphatic heterocycles. The third-order valence-corrected chi connectivity index (χ3v) is 5.17. The Balaban J connectivity index is 1.66. The first-order valence-corrected chi connectivity index (χ1v) is 9.27. The summed E-state index contributed by atoms with van der Waals surface area (Å²) in [7, 11) is 1.57. The number of benzene rings is 2. The van der Waals surface area contributed by atoms with E-state index in [1.165, 1.54) is 6.07 Å². The maximum atomic E-state index is 14.0. The molecule has 146 valence electrons. The van der Waals surface area contributed by atoms with Crippen molar-refractivity contribution in [2.45, 2.75) is 25.6 Å². The highest BCUT2D eigenvalue weighted by atomic mass is 19.1. The normalized spacial score (nSPS) is 18.6. The third kappa shape index (κ3) is 4.97. The molecule has 1 fully saturated rings. The number of aromatic hydroxyl groups is 1. The summed E-state index contributed by atoms with van der Waals surface area (Å²) in [4.78, 5) is 4.50. The van der Waals surface area contributed by atoms with Gasteiger partial charge in [-0.25, -0.2) is 4.39 Å². The zero-order chi connectivity index (χ0) is 19.2. The maximum absolute atomic E-state index is 14.0. The molecule has 0 saturated carbocycles. The number of methoxy groups -OCH3 is 1. The van der Waals surface area contributed by atoms with Crippen LogP contribution in [0.15, 0.2) is 42.5 Å². The first-order chi connectivity index (χ1) is 13.1. The van der Waals surface area contributed by atoms with Crippen LogP contribution in [-0.2, 0) is 13.1 Å². The summed E-state index contributed by atoms with van der Waals surface area (Å²) in [6.45, 7) is 3.64. The van der Waals surface area contributed by atoms with Crippen molar-refractivity contribution >= 4 is 0 Å². The molecule has 5 nitrogen and oxygen atoms in total. The fourth-order valence-electron chi connectivity index (χ4n) is 3.62. The number of piperazine rings is 1. The van der Waals surface area contributed by atoms with E-state index in [9.17, 15) is 14.6 Å². The number of phenols is 1. The number of hydrogen-bond donors (Lipinski definition) is 2. The molecule has 0 aliphatic carbocycles. The van der Waals surface area contributed by atoms with Gasteiger partial charge in [0, 0.05) is 62.6 Å². The van der Waals surface area contributed by atoms with Crippen LogP contribution < -0.4 is 4.74 Å². The molecule has 1 aliphatic rings. The fourth-order valence-corrected chi connectivity index (χ4v) is 3.62. The van der Waals surface area contributed by atoms with Crippen molar-refractivity contribution in [1.29, 1.82) is 0 Å². The molecule has 0 radical (unpaired) electrons. The number of phenolic OH excluding ortho intramolecular Hbond substituents is 1. The monoisotopic (exact) mass is 374 g/mol. The van der Waals surface area contributed by atoms with Gasteiger partial charge in [-0.05, 0) is 18.6 Å². The Bertz CT molecular complexity index is 756. The Hall–Kier alpha value is -2.15. The minimum Gasteiger partial charge on any atom is -0.507 e. The summed E-state index contributed by atoms with van der Waals surface area (Å²) in [5.74, 6) is 0.664. The minimum absolute atomic E-state index is 0.0973. The van der Waals surface area contributed by atoms with Crippen molar-refractivity contribution in [3.63, 3.8) is 0 Å². The molecule has 0 spiro atoms. The van der Waals surface area contributed by atoms with Gasteiger partial charge in [0.15, 0.2) is 0 Å². The van der Waals surface area contributed by atoms with Crippen LogP contribution in [0.25, 0.3) is 0 Å². The second kappa shape index (κ2) is 9.17. The Kier molecular flexibility index (Phi) is 6.66. The van der Waals surface area contributed by atoms with E-state index in [4.69, 9.17) is 4.74 Å². The van der Waals surface area contributed by atoms with Gasteiger partial charge in [-0.3, -0.25) is 9.80 Å². The van der Waals surface area contributed by atoms with Crippen LogP contribution in [0.1, 0.15) is 17.5 Å². The van der Waals surface area contributed by atoms with Gasteiger partial charge >= 0.3 is 0 Å². The topological polar surface area (TPSA) is 56.2 Å². The highest BCUT2D eigenvalue weighted by molar-refractivity contribution is 5.39. The average molecular weight is 374 g/mol. The van der Waals surface area contributed by atoms with Crippen LogP contribution in [0, 0.1) is 5.82 Å². The molecule has 0 unspecified atom stereocenters. The van der Waals surface area contributed by atoms with Crippen LogP contribution >= 0.6 is 0 Å². The second-order valence-corrected chi connectivity index (χ2v) is 6.96. The second-order valence-electron chi connectivity index (χ2n) is 6.96. The molecule has 0 aromatic heterocycles. The summed E-state index contributed by atoms with van der Waals surface area (Å²) < 4.78 is 19.1. The molecule has 2 N–H and O–H groups in total. The lowest BCUT2D eigenvalue weighted by Gasteiger charge is -2.41.